The lowest BCUT2D eigenvalue weighted by molar-refractivity contribution is -0.142. The van der Waals surface area contributed by atoms with Gasteiger partial charge in [0.05, 0.1) is 0 Å². The van der Waals surface area contributed by atoms with Crippen LogP contribution in [0.2, 0.25) is 0 Å². The van der Waals surface area contributed by atoms with Crippen molar-refractivity contribution in [2.75, 3.05) is 39.3 Å². The van der Waals surface area contributed by atoms with E-state index in [1.807, 2.05) is 10.6 Å². The van der Waals surface area contributed by atoms with Crippen LogP contribution in [-0.2, 0) is 17.9 Å². The van der Waals surface area contributed by atoms with Gasteiger partial charge in [0.25, 0.3) is 11.5 Å². The Morgan fingerprint density at radius 2 is 1.97 bits per heavy atom. The van der Waals surface area contributed by atoms with Crippen LogP contribution in [0.1, 0.15) is 49.8 Å². The van der Waals surface area contributed by atoms with Crippen LogP contribution in [0, 0.1) is 5.92 Å². The van der Waals surface area contributed by atoms with Crippen LogP contribution in [0.4, 0.5) is 0 Å². The number of hydrogen-bond acceptors (Lipinski definition) is 5. The fourth-order valence-electron chi connectivity index (χ4n) is 6.22. The normalized spacial score (nSPS) is 30.5. The van der Waals surface area contributed by atoms with E-state index < -0.39 is 6.10 Å². The zero-order valence-electron chi connectivity index (χ0n) is 18.0. The number of aliphatic hydroxyl groups excluding tert-OH is 1. The molecule has 1 N–H and O–H groups in total. The second kappa shape index (κ2) is 8.09. The van der Waals surface area contributed by atoms with Gasteiger partial charge in [0.15, 0.2) is 0 Å². The van der Waals surface area contributed by atoms with Crippen LogP contribution in [0.3, 0.4) is 0 Å². The van der Waals surface area contributed by atoms with Crippen molar-refractivity contribution in [2.24, 2.45) is 5.92 Å². The molecule has 5 rings (SSSR count). The van der Waals surface area contributed by atoms with E-state index in [0.717, 1.165) is 37.3 Å². The van der Waals surface area contributed by atoms with Crippen LogP contribution >= 0.6 is 0 Å². The van der Waals surface area contributed by atoms with E-state index in [1.54, 1.807) is 4.90 Å². The Kier molecular flexibility index (Phi) is 5.45. The Morgan fingerprint density at radius 1 is 1.13 bits per heavy atom. The van der Waals surface area contributed by atoms with Crippen LogP contribution in [0.5, 0.6) is 0 Å². The lowest BCUT2D eigenvalue weighted by Crippen LogP contribution is -2.51. The van der Waals surface area contributed by atoms with Gasteiger partial charge in [-0.05, 0) is 64.2 Å². The Morgan fingerprint density at radius 3 is 2.80 bits per heavy atom. The predicted octanol–water partition coefficient (Wildman–Crippen LogP) is 0.845. The molecule has 1 amide bonds. The number of rotatable bonds is 3. The van der Waals surface area contributed by atoms with Crippen molar-refractivity contribution >= 4 is 5.91 Å². The summed E-state index contributed by atoms with van der Waals surface area (Å²) in [7, 11) is 0. The minimum Gasteiger partial charge on any atom is -0.384 e. The topological polar surface area (TPSA) is 69.0 Å². The molecule has 4 aliphatic heterocycles. The van der Waals surface area contributed by atoms with Gasteiger partial charge in [-0.1, -0.05) is 6.07 Å². The highest BCUT2D eigenvalue weighted by atomic mass is 16.3. The Labute approximate surface area is 178 Å². The van der Waals surface area contributed by atoms with Crippen molar-refractivity contribution in [1.29, 1.82) is 0 Å². The quantitative estimate of drug-likeness (QED) is 0.794. The molecule has 0 aliphatic carbocycles. The highest BCUT2D eigenvalue weighted by Gasteiger charge is 2.37. The summed E-state index contributed by atoms with van der Waals surface area (Å²) in [6.07, 6.45) is 3.83. The van der Waals surface area contributed by atoms with Crippen LogP contribution in [-0.4, -0.2) is 81.7 Å². The smallest absolute Gasteiger partial charge is 0.255 e. The molecule has 3 fully saturated rings. The monoisotopic (exact) mass is 414 g/mol. The zero-order chi connectivity index (χ0) is 20.8. The fraction of sp³-hybridized carbons (Fsp3) is 0.739. The minimum absolute atomic E-state index is 0.157. The number of likely N-dealkylation sites (tertiary alicyclic amines) is 1. The van der Waals surface area contributed by atoms with Gasteiger partial charge in [0, 0.05) is 55.9 Å². The van der Waals surface area contributed by atoms with Crippen LogP contribution < -0.4 is 5.56 Å². The van der Waals surface area contributed by atoms with E-state index in [9.17, 15) is 14.7 Å². The van der Waals surface area contributed by atoms with Gasteiger partial charge in [-0.2, -0.15) is 0 Å². The minimum atomic E-state index is -0.960. The third-order valence-electron chi connectivity index (χ3n) is 7.63. The molecule has 0 saturated carbocycles. The van der Waals surface area contributed by atoms with E-state index in [0.29, 0.717) is 25.7 Å². The number of piperidine rings is 1. The lowest BCUT2D eigenvalue weighted by Gasteiger charge is -2.43. The van der Waals surface area contributed by atoms with Crippen LogP contribution in [0.15, 0.2) is 16.9 Å². The molecule has 7 heteroatoms. The first-order valence-corrected chi connectivity index (χ1v) is 11.7. The van der Waals surface area contributed by atoms with Crippen molar-refractivity contribution in [3.05, 3.63) is 33.7 Å². The maximum absolute atomic E-state index is 13.4. The van der Waals surface area contributed by atoms with E-state index in [-0.39, 0.29) is 23.3 Å². The standard InChI is InChI=1S/C23H34N4O3/c1-16(28)22(29)26-11-17-10-19(14-26)21-6-5-18(23(30)27(21)12-17)13-24-7-3-9-25-8-2-4-20(25)15-24/h5-6,16-17,19-20,28H,2-4,7-15H2,1H3/t16-,17+,19-,20+/m1/s1. The molecule has 0 spiro atoms. The first-order valence-electron chi connectivity index (χ1n) is 11.7. The van der Waals surface area contributed by atoms with E-state index in [4.69, 9.17) is 0 Å². The molecule has 7 nitrogen and oxygen atoms in total. The number of amides is 1. The molecule has 164 valence electrons. The summed E-state index contributed by atoms with van der Waals surface area (Å²) in [6, 6.07) is 4.80. The Balaban J connectivity index is 1.34. The summed E-state index contributed by atoms with van der Waals surface area (Å²) in [6.45, 7) is 8.75. The molecular weight excluding hydrogens is 380 g/mol. The summed E-state index contributed by atoms with van der Waals surface area (Å²) in [5.74, 6) is 0.281. The lowest BCUT2D eigenvalue weighted by atomic mass is 9.82. The van der Waals surface area contributed by atoms with Crippen molar-refractivity contribution in [3.8, 4) is 0 Å². The predicted molar refractivity (Wildman–Crippen MR) is 114 cm³/mol. The van der Waals surface area contributed by atoms with Crippen LogP contribution in [0.25, 0.3) is 0 Å². The van der Waals surface area contributed by atoms with Crippen molar-refractivity contribution in [1.82, 2.24) is 19.3 Å². The van der Waals surface area contributed by atoms with Gasteiger partial charge < -0.3 is 14.6 Å². The third kappa shape index (κ3) is 3.72. The zero-order valence-corrected chi connectivity index (χ0v) is 18.0. The first kappa shape index (κ1) is 20.2. The summed E-state index contributed by atoms with van der Waals surface area (Å²) >= 11 is 0. The molecule has 2 bridgehead atoms. The number of pyridine rings is 1. The van der Waals surface area contributed by atoms with E-state index in [1.165, 1.54) is 39.3 Å². The molecule has 30 heavy (non-hydrogen) atoms. The van der Waals surface area contributed by atoms with Gasteiger partial charge >= 0.3 is 0 Å². The number of carbonyl (C=O) groups is 1. The summed E-state index contributed by atoms with van der Waals surface area (Å²) < 4.78 is 1.98. The number of fused-ring (bicyclic) bond motifs is 5. The SMILES string of the molecule is C[C@@H](O)C(=O)N1C[C@@H]2C[C@H](C1)c1ccc(CN3CCCN4CCC[C@H]4C3)c(=O)n1C2. The van der Waals surface area contributed by atoms with Crippen molar-refractivity contribution in [2.45, 2.75) is 63.8 Å². The molecule has 4 aliphatic rings. The highest BCUT2D eigenvalue weighted by molar-refractivity contribution is 5.80. The molecule has 1 aromatic heterocycles. The molecular formula is C23H34N4O3. The number of carbonyl (C=O) groups excluding carboxylic acids is 1. The first-order chi connectivity index (χ1) is 14.5. The number of hydrogen-bond donors (Lipinski definition) is 1. The molecule has 0 radical (unpaired) electrons. The van der Waals surface area contributed by atoms with Gasteiger partial charge in [0.1, 0.15) is 6.10 Å². The fourth-order valence-corrected chi connectivity index (χ4v) is 6.22. The molecule has 4 atom stereocenters. The summed E-state index contributed by atoms with van der Waals surface area (Å²) in [4.78, 5) is 32.5. The molecule has 0 aromatic carbocycles. The number of nitrogens with zero attached hydrogens (tertiary/aromatic N) is 4. The summed E-state index contributed by atoms with van der Waals surface area (Å²) in [5.41, 5.74) is 2.12. The average Bonchev–Trinajstić information content (AvgIpc) is 3.07. The van der Waals surface area contributed by atoms with Crippen molar-refractivity contribution in [3.63, 3.8) is 0 Å². The number of aliphatic hydroxyl groups is 1. The van der Waals surface area contributed by atoms with Crippen molar-refractivity contribution < 1.29 is 9.90 Å². The largest absolute Gasteiger partial charge is 0.384 e. The van der Waals surface area contributed by atoms with Gasteiger partial charge in [0.2, 0.25) is 0 Å². The van der Waals surface area contributed by atoms with Gasteiger partial charge in [-0.25, -0.2) is 0 Å². The Bertz CT molecular complexity index is 866. The molecule has 5 heterocycles. The average molecular weight is 415 g/mol. The maximum Gasteiger partial charge on any atom is 0.255 e. The molecule has 1 aromatic rings. The summed E-state index contributed by atoms with van der Waals surface area (Å²) in [5, 5.41) is 9.69. The Hall–Kier alpha value is -1.70. The highest BCUT2D eigenvalue weighted by Crippen LogP contribution is 2.35. The second-order valence-electron chi connectivity index (χ2n) is 9.84. The molecule has 0 unspecified atom stereocenters. The number of aromatic nitrogens is 1. The molecule has 3 saturated heterocycles. The third-order valence-corrected chi connectivity index (χ3v) is 7.63. The van der Waals surface area contributed by atoms with Gasteiger partial charge in [-0.15, -0.1) is 0 Å². The maximum atomic E-state index is 13.4. The van der Waals surface area contributed by atoms with E-state index in [2.05, 4.69) is 15.9 Å². The second-order valence-corrected chi connectivity index (χ2v) is 9.84. The van der Waals surface area contributed by atoms with E-state index >= 15 is 0 Å². The van der Waals surface area contributed by atoms with Gasteiger partial charge in [-0.3, -0.25) is 19.4 Å².